The molecule has 1 N–H and O–H groups in total. The highest BCUT2D eigenvalue weighted by Gasteiger charge is 2.37. The number of anilines is 2. The lowest BCUT2D eigenvalue weighted by atomic mass is 10.2. The summed E-state index contributed by atoms with van der Waals surface area (Å²) in [5.74, 6) is 2.02. The number of rotatable bonds is 1. The van der Waals surface area contributed by atoms with Gasteiger partial charge in [-0.05, 0) is 25.1 Å². The smallest absolute Gasteiger partial charge is 0.333 e. The number of allylic oxidation sites excluding steroid dienone is 1. The second-order valence-corrected chi connectivity index (χ2v) is 6.63. The molecule has 2 aromatic rings. The van der Waals surface area contributed by atoms with Crippen LogP contribution in [0.1, 0.15) is 13.3 Å². The van der Waals surface area contributed by atoms with Crippen LogP contribution in [0, 0.1) is 0 Å². The Morgan fingerprint density at radius 2 is 2.21 bits per heavy atom. The maximum atomic E-state index is 12.8. The average molecular weight is 379 g/mol. The number of hydrogen-bond donors (Lipinski definition) is 1. The number of urea groups is 1. The Bertz CT molecular complexity index is 1030. The van der Waals surface area contributed by atoms with Gasteiger partial charge < -0.3 is 9.64 Å². The largest absolute Gasteiger partial charge is 0.488 e. The summed E-state index contributed by atoms with van der Waals surface area (Å²) < 4.78 is 6.12. The maximum absolute atomic E-state index is 12.8. The van der Waals surface area contributed by atoms with Crippen LogP contribution in [0.3, 0.4) is 0 Å². The molecule has 2 aliphatic heterocycles. The fourth-order valence-electron chi connectivity index (χ4n) is 3.31. The predicted octanol–water partition coefficient (Wildman–Crippen LogP) is 2.23. The summed E-state index contributed by atoms with van der Waals surface area (Å²) in [4.78, 5) is 33.8. The zero-order valence-corrected chi connectivity index (χ0v) is 16.0. The normalized spacial score (nSPS) is 23.9. The molecule has 4 rings (SSSR count). The summed E-state index contributed by atoms with van der Waals surface area (Å²) in [6, 6.07) is 3.21. The molecule has 4 heterocycles. The maximum Gasteiger partial charge on any atom is 0.333 e. The van der Waals surface area contributed by atoms with Gasteiger partial charge in [0.2, 0.25) is 0 Å². The molecule has 28 heavy (non-hydrogen) atoms. The van der Waals surface area contributed by atoms with Crippen molar-refractivity contribution >= 4 is 34.5 Å². The van der Waals surface area contributed by atoms with Crippen molar-refractivity contribution in [3.05, 3.63) is 42.6 Å². The number of carbonyl (C=O) groups excluding carboxylic acids is 1. The summed E-state index contributed by atoms with van der Waals surface area (Å²) in [6.45, 7) is 6.56. The Labute approximate surface area is 162 Å². The summed E-state index contributed by atoms with van der Waals surface area (Å²) in [5, 5.41) is 2.77. The van der Waals surface area contributed by atoms with E-state index in [1.54, 1.807) is 19.2 Å². The summed E-state index contributed by atoms with van der Waals surface area (Å²) in [7, 11) is 3.57. The third-order valence-corrected chi connectivity index (χ3v) is 4.76. The Balaban J connectivity index is 2.01. The number of aliphatic imine (C=N–C) groups is 1. The molecule has 2 aliphatic rings. The Morgan fingerprint density at radius 1 is 1.39 bits per heavy atom. The van der Waals surface area contributed by atoms with E-state index in [2.05, 4.69) is 26.9 Å². The number of aromatic nitrogens is 3. The molecule has 1 unspecified atom stereocenters. The summed E-state index contributed by atoms with van der Waals surface area (Å²) in [6.07, 6.45) is 3.75. The summed E-state index contributed by atoms with van der Waals surface area (Å²) in [5.41, 5.74) is 1.83. The monoisotopic (exact) mass is 379 g/mol. The molecule has 1 fully saturated rings. The molecule has 2 aromatic heterocycles. The first kappa shape index (κ1) is 17.9. The number of fused-ring (bicyclic) bond motifs is 3. The standard InChI is InChI=1S/C19H21N7O2/c1-5-13-16-17(20-3)24-19(27)26(16)14-7-6-12-15(23-14)18(22-10-21-12)25(4)9-8-11(2)28-13/h5-7,10-11H,1,8-9H2,2-4H3,(H,20,24,27)/b16-13-. The molecule has 9 heteroatoms. The van der Waals surface area contributed by atoms with E-state index in [4.69, 9.17) is 9.72 Å². The zero-order chi connectivity index (χ0) is 19.8. The minimum absolute atomic E-state index is 0.110. The highest BCUT2D eigenvalue weighted by Crippen LogP contribution is 2.30. The van der Waals surface area contributed by atoms with E-state index in [0.29, 0.717) is 46.5 Å². The van der Waals surface area contributed by atoms with E-state index in [1.807, 2.05) is 24.9 Å². The molecule has 1 saturated heterocycles. The van der Waals surface area contributed by atoms with Crippen LogP contribution in [-0.2, 0) is 4.74 Å². The van der Waals surface area contributed by atoms with Gasteiger partial charge in [-0.3, -0.25) is 10.3 Å². The van der Waals surface area contributed by atoms with Gasteiger partial charge in [-0.25, -0.2) is 24.6 Å². The molecule has 0 aromatic carbocycles. The minimum atomic E-state index is -0.359. The number of ether oxygens (including phenoxy) is 1. The molecule has 9 nitrogen and oxygen atoms in total. The van der Waals surface area contributed by atoms with E-state index in [9.17, 15) is 4.79 Å². The number of hydrogen-bond acceptors (Lipinski definition) is 7. The van der Waals surface area contributed by atoms with Crippen molar-refractivity contribution < 1.29 is 9.53 Å². The van der Waals surface area contributed by atoms with Gasteiger partial charge in [-0.2, -0.15) is 0 Å². The van der Waals surface area contributed by atoms with Crippen LogP contribution in [-0.4, -0.2) is 53.6 Å². The van der Waals surface area contributed by atoms with Crippen LogP contribution < -0.4 is 15.1 Å². The molecule has 2 bridgehead atoms. The third kappa shape index (κ3) is 2.84. The lowest BCUT2D eigenvalue weighted by molar-refractivity contribution is 0.133. The number of amides is 2. The highest BCUT2D eigenvalue weighted by atomic mass is 16.5. The Hall–Kier alpha value is -3.49. The number of pyridine rings is 1. The van der Waals surface area contributed by atoms with Gasteiger partial charge in [-0.1, -0.05) is 6.58 Å². The van der Waals surface area contributed by atoms with Crippen LogP contribution in [0.25, 0.3) is 11.0 Å². The van der Waals surface area contributed by atoms with Crippen molar-refractivity contribution in [3.8, 4) is 0 Å². The molecule has 0 saturated carbocycles. The number of nitrogens with zero attached hydrogens (tertiary/aromatic N) is 6. The van der Waals surface area contributed by atoms with Gasteiger partial charge >= 0.3 is 6.03 Å². The second-order valence-electron chi connectivity index (χ2n) is 6.63. The molecule has 0 aliphatic carbocycles. The van der Waals surface area contributed by atoms with Crippen molar-refractivity contribution in [2.45, 2.75) is 19.4 Å². The number of nitrogens with one attached hydrogen (secondary N) is 1. The first-order valence-corrected chi connectivity index (χ1v) is 8.98. The van der Waals surface area contributed by atoms with Crippen LogP contribution in [0.2, 0.25) is 0 Å². The molecule has 144 valence electrons. The fraction of sp³-hybridized carbons (Fsp3) is 0.316. The van der Waals surface area contributed by atoms with Crippen LogP contribution in [0.5, 0.6) is 0 Å². The molecular weight excluding hydrogens is 358 g/mol. The van der Waals surface area contributed by atoms with Crippen molar-refractivity contribution in [1.29, 1.82) is 0 Å². The van der Waals surface area contributed by atoms with E-state index in [0.717, 1.165) is 6.42 Å². The van der Waals surface area contributed by atoms with Crippen molar-refractivity contribution in [1.82, 2.24) is 20.3 Å². The van der Waals surface area contributed by atoms with Crippen molar-refractivity contribution in [3.63, 3.8) is 0 Å². The van der Waals surface area contributed by atoms with E-state index in [-0.39, 0.29) is 12.1 Å². The SMILES string of the molecule is C=C/C1=C2\C(=NC)NC(=O)N2c2ccc3ncnc(c3n2)N(C)CCC(C)O1. The number of carbonyl (C=O) groups is 1. The van der Waals surface area contributed by atoms with E-state index < -0.39 is 0 Å². The van der Waals surface area contributed by atoms with Gasteiger partial charge in [0.1, 0.15) is 29.1 Å². The molecule has 2 amide bonds. The number of amidine groups is 1. The first-order valence-electron chi connectivity index (χ1n) is 8.98. The predicted molar refractivity (Wildman–Crippen MR) is 107 cm³/mol. The second kappa shape index (κ2) is 6.91. The fourth-order valence-corrected chi connectivity index (χ4v) is 3.31. The minimum Gasteiger partial charge on any atom is -0.488 e. The third-order valence-electron chi connectivity index (χ3n) is 4.76. The molecule has 1 atom stereocenters. The van der Waals surface area contributed by atoms with Gasteiger partial charge in [0.05, 0.1) is 11.6 Å². The first-order chi connectivity index (χ1) is 13.5. The lowest BCUT2D eigenvalue weighted by Crippen LogP contribution is -2.30. The molecule has 0 radical (unpaired) electrons. The Morgan fingerprint density at radius 3 is 2.96 bits per heavy atom. The topological polar surface area (TPSA) is 95.8 Å². The highest BCUT2D eigenvalue weighted by molar-refractivity contribution is 6.23. The van der Waals surface area contributed by atoms with Crippen LogP contribution in [0.4, 0.5) is 16.4 Å². The lowest BCUT2D eigenvalue weighted by Gasteiger charge is -2.25. The van der Waals surface area contributed by atoms with Gasteiger partial charge in [0.25, 0.3) is 0 Å². The quantitative estimate of drug-likeness (QED) is 0.816. The molecular formula is C19H21N7O2. The van der Waals surface area contributed by atoms with Crippen molar-refractivity contribution in [2.75, 3.05) is 30.4 Å². The van der Waals surface area contributed by atoms with Crippen LogP contribution >= 0.6 is 0 Å². The van der Waals surface area contributed by atoms with Crippen molar-refractivity contribution in [2.24, 2.45) is 4.99 Å². The Kier molecular flexibility index (Phi) is 4.42. The van der Waals surface area contributed by atoms with E-state index >= 15 is 0 Å². The van der Waals surface area contributed by atoms with Gasteiger partial charge in [-0.15, -0.1) is 0 Å². The van der Waals surface area contributed by atoms with Gasteiger partial charge in [0.15, 0.2) is 11.7 Å². The van der Waals surface area contributed by atoms with Gasteiger partial charge in [0, 0.05) is 27.1 Å². The van der Waals surface area contributed by atoms with Crippen LogP contribution in [0.15, 0.2) is 47.6 Å². The molecule has 0 spiro atoms. The summed E-state index contributed by atoms with van der Waals surface area (Å²) >= 11 is 0. The average Bonchev–Trinajstić information content (AvgIpc) is 3.04. The zero-order valence-electron chi connectivity index (χ0n) is 16.0. The van der Waals surface area contributed by atoms with E-state index in [1.165, 1.54) is 11.2 Å².